The lowest BCUT2D eigenvalue weighted by Crippen LogP contribution is -2.12. The van der Waals surface area contributed by atoms with Gasteiger partial charge >= 0.3 is 0 Å². The van der Waals surface area contributed by atoms with E-state index in [0.717, 1.165) is 5.69 Å². The van der Waals surface area contributed by atoms with Gasteiger partial charge in [0.25, 0.3) is 0 Å². The Bertz CT molecular complexity index is 879. The molecule has 0 atom stereocenters. The quantitative estimate of drug-likeness (QED) is 0.403. The number of benzene rings is 2. The Morgan fingerprint density at radius 2 is 1.78 bits per heavy atom. The summed E-state index contributed by atoms with van der Waals surface area (Å²) in [6.45, 7) is 0. The van der Waals surface area contributed by atoms with Crippen LogP contribution in [-0.4, -0.2) is 41.2 Å². The van der Waals surface area contributed by atoms with Crippen LogP contribution in [0.2, 0.25) is 0 Å². The number of carbonyl (C=O) groups excluding carboxylic acids is 1. The Hall–Kier alpha value is -2.67. The van der Waals surface area contributed by atoms with Gasteiger partial charge in [-0.1, -0.05) is 0 Å². The molecule has 2 N–H and O–H groups in total. The Morgan fingerprint density at radius 1 is 1.07 bits per heavy atom. The first kappa shape index (κ1) is 20.6. The number of hydrogen-bond donors (Lipinski definition) is 1. The van der Waals surface area contributed by atoms with Gasteiger partial charge in [0, 0.05) is 31.3 Å². The van der Waals surface area contributed by atoms with E-state index in [9.17, 15) is 4.79 Å². The molecule has 0 radical (unpaired) electrons. The fourth-order valence-corrected chi connectivity index (χ4v) is 3.11. The zero-order valence-electron chi connectivity index (χ0n) is 16.0. The molecular weight excluding hydrogens is 412 g/mol. The van der Waals surface area contributed by atoms with Crippen LogP contribution in [0.5, 0.6) is 17.2 Å². The van der Waals surface area contributed by atoms with Crippen LogP contribution in [0.25, 0.3) is 6.08 Å². The molecular formula is C20H23BrN2O4. The summed E-state index contributed by atoms with van der Waals surface area (Å²) in [5, 5.41) is 0. The fraction of sp³-hybridized carbons (Fsp3) is 0.250. The average molecular weight is 435 g/mol. The van der Waals surface area contributed by atoms with Gasteiger partial charge in [-0.15, -0.1) is 0 Å². The van der Waals surface area contributed by atoms with Gasteiger partial charge < -0.3 is 24.8 Å². The number of nitrogens with zero attached hydrogens (tertiary/aromatic N) is 1. The summed E-state index contributed by atoms with van der Waals surface area (Å²) in [5.41, 5.74) is 8.57. The number of ketones is 1. The molecule has 0 aromatic heterocycles. The number of rotatable bonds is 7. The molecule has 0 heterocycles. The lowest BCUT2D eigenvalue weighted by Gasteiger charge is -2.16. The van der Waals surface area contributed by atoms with Crippen molar-refractivity contribution in [3.63, 3.8) is 0 Å². The van der Waals surface area contributed by atoms with E-state index in [0.29, 0.717) is 38.5 Å². The predicted octanol–water partition coefficient (Wildman–Crippen LogP) is 3.98. The van der Waals surface area contributed by atoms with E-state index in [2.05, 4.69) is 15.9 Å². The topological polar surface area (TPSA) is 74.0 Å². The van der Waals surface area contributed by atoms with Gasteiger partial charge in [0.15, 0.2) is 17.3 Å². The molecule has 0 aliphatic carbocycles. The number of ether oxygens (including phenoxy) is 3. The van der Waals surface area contributed by atoms with Crippen molar-refractivity contribution in [3.8, 4) is 17.2 Å². The summed E-state index contributed by atoms with van der Waals surface area (Å²) in [5.74, 6) is 1.41. The third-order valence-corrected chi connectivity index (χ3v) is 4.58. The van der Waals surface area contributed by atoms with Gasteiger partial charge in [0.1, 0.15) is 5.75 Å². The highest BCUT2D eigenvalue weighted by atomic mass is 79.9. The molecule has 0 aliphatic heterocycles. The smallest absolute Gasteiger partial charge is 0.200 e. The minimum absolute atomic E-state index is 0.198. The van der Waals surface area contributed by atoms with Crippen molar-refractivity contribution in [2.45, 2.75) is 0 Å². The number of anilines is 2. The Balaban J connectivity index is 2.45. The highest BCUT2D eigenvalue weighted by Gasteiger charge is 2.16. The Labute approximate surface area is 167 Å². The Kier molecular flexibility index (Phi) is 6.74. The van der Waals surface area contributed by atoms with Crippen molar-refractivity contribution in [3.05, 3.63) is 45.9 Å². The number of Topliss-reactive ketones (excluding diaryl/α,β-unsaturated/α-hetero) is 1. The number of carbonyl (C=O) groups is 1. The summed E-state index contributed by atoms with van der Waals surface area (Å²) in [4.78, 5) is 14.7. The summed E-state index contributed by atoms with van der Waals surface area (Å²) in [6.07, 6.45) is 1.67. The number of allylic oxidation sites excluding steroid dienone is 1. The monoisotopic (exact) mass is 434 g/mol. The number of nitrogens with two attached hydrogens (primary N) is 1. The summed E-state index contributed by atoms with van der Waals surface area (Å²) >= 11 is 3.37. The van der Waals surface area contributed by atoms with Crippen molar-refractivity contribution >= 4 is 39.2 Å². The predicted molar refractivity (Wildman–Crippen MR) is 113 cm³/mol. The van der Waals surface area contributed by atoms with Crippen LogP contribution < -0.4 is 24.8 Å². The van der Waals surface area contributed by atoms with Crippen LogP contribution in [-0.2, 0) is 0 Å². The van der Waals surface area contributed by atoms with Gasteiger partial charge in [-0.2, -0.15) is 0 Å². The third kappa shape index (κ3) is 4.54. The van der Waals surface area contributed by atoms with E-state index in [1.54, 1.807) is 44.6 Å². The molecule has 2 aromatic rings. The first-order valence-electron chi connectivity index (χ1n) is 8.11. The second-order valence-corrected chi connectivity index (χ2v) is 6.80. The maximum atomic E-state index is 12.8. The molecule has 0 spiro atoms. The van der Waals surface area contributed by atoms with Crippen LogP contribution in [0.1, 0.15) is 15.9 Å². The molecule has 0 bridgehead atoms. The maximum Gasteiger partial charge on any atom is 0.200 e. The van der Waals surface area contributed by atoms with E-state index in [1.807, 2.05) is 25.1 Å². The van der Waals surface area contributed by atoms with Gasteiger partial charge in [-0.3, -0.25) is 4.79 Å². The Morgan fingerprint density at radius 3 is 2.30 bits per heavy atom. The standard InChI is InChI=1S/C20H23BrN2O4/c1-23(2)17-7-6-12(10-16(17)22)19(24)15(21)9-13-8-14(25-3)11-18(26-4)20(13)27-5/h6-11H,22H2,1-5H3. The van der Waals surface area contributed by atoms with Crippen molar-refractivity contribution in [2.75, 3.05) is 46.1 Å². The summed E-state index contributed by atoms with van der Waals surface area (Å²) in [6, 6.07) is 8.70. The molecule has 144 valence electrons. The van der Waals surface area contributed by atoms with Crippen LogP contribution >= 0.6 is 15.9 Å². The second-order valence-electron chi connectivity index (χ2n) is 5.94. The van der Waals surface area contributed by atoms with Crippen molar-refractivity contribution < 1.29 is 19.0 Å². The van der Waals surface area contributed by atoms with Crippen LogP contribution in [0.4, 0.5) is 11.4 Å². The first-order chi connectivity index (χ1) is 12.8. The minimum Gasteiger partial charge on any atom is -0.497 e. The molecule has 27 heavy (non-hydrogen) atoms. The highest BCUT2D eigenvalue weighted by Crippen LogP contribution is 2.37. The number of halogens is 1. The van der Waals surface area contributed by atoms with Crippen molar-refractivity contribution in [1.82, 2.24) is 0 Å². The first-order valence-corrected chi connectivity index (χ1v) is 8.90. The van der Waals surface area contributed by atoms with Crippen LogP contribution in [0, 0.1) is 0 Å². The zero-order chi connectivity index (χ0) is 20.1. The number of methoxy groups -OCH3 is 3. The summed E-state index contributed by atoms with van der Waals surface area (Å²) < 4.78 is 16.4. The highest BCUT2D eigenvalue weighted by molar-refractivity contribution is 9.12. The van der Waals surface area contributed by atoms with Gasteiger partial charge in [-0.05, 0) is 46.3 Å². The normalized spacial score (nSPS) is 11.1. The molecule has 0 amide bonds. The van der Waals surface area contributed by atoms with Gasteiger partial charge in [0.05, 0.1) is 37.2 Å². The van der Waals surface area contributed by atoms with E-state index in [4.69, 9.17) is 19.9 Å². The minimum atomic E-state index is -0.198. The zero-order valence-corrected chi connectivity index (χ0v) is 17.6. The lowest BCUT2D eigenvalue weighted by molar-refractivity contribution is 0.104. The van der Waals surface area contributed by atoms with E-state index in [-0.39, 0.29) is 5.78 Å². The van der Waals surface area contributed by atoms with Crippen LogP contribution in [0.15, 0.2) is 34.8 Å². The van der Waals surface area contributed by atoms with Crippen molar-refractivity contribution in [2.24, 2.45) is 0 Å². The molecule has 2 rings (SSSR count). The number of nitrogen functional groups attached to an aromatic ring is 1. The SMILES string of the molecule is COc1cc(C=C(Br)C(=O)c2ccc(N(C)C)c(N)c2)c(OC)c(OC)c1. The largest absolute Gasteiger partial charge is 0.497 e. The fourth-order valence-electron chi connectivity index (χ4n) is 2.64. The van der Waals surface area contributed by atoms with E-state index < -0.39 is 0 Å². The number of hydrogen-bond acceptors (Lipinski definition) is 6. The van der Waals surface area contributed by atoms with E-state index >= 15 is 0 Å². The summed E-state index contributed by atoms with van der Waals surface area (Å²) in [7, 11) is 8.43. The average Bonchev–Trinajstić information content (AvgIpc) is 2.65. The van der Waals surface area contributed by atoms with Gasteiger partial charge in [0.2, 0.25) is 0 Å². The molecule has 0 saturated heterocycles. The molecule has 6 nitrogen and oxygen atoms in total. The maximum absolute atomic E-state index is 12.8. The molecule has 7 heteroatoms. The van der Waals surface area contributed by atoms with E-state index in [1.165, 1.54) is 7.11 Å². The van der Waals surface area contributed by atoms with Crippen molar-refractivity contribution in [1.29, 1.82) is 0 Å². The molecule has 0 saturated carbocycles. The molecule has 0 aliphatic rings. The molecule has 0 fully saturated rings. The van der Waals surface area contributed by atoms with Crippen LogP contribution in [0.3, 0.4) is 0 Å². The van der Waals surface area contributed by atoms with Gasteiger partial charge in [-0.25, -0.2) is 0 Å². The third-order valence-electron chi connectivity index (χ3n) is 3.99. The second kappa shape index (κ2) is 8.81. The molecule has 2 aromatic carbocycles. The lowest BCUT2D eigenvalue weighted by atomic mass is 10.1. The molecule has 0 unspecified atom stereocenters.